The summed E-state index contributed by atoms with van der Waals surface area (Å²) >= 11 is 0. The lowest BCUT2D eigenvalue weighted by Crippen LogP contribution is -2.54. The van der Waals surface area contributed by atoms with Crippen molar-refractivity contribution in [3.63, 3.8) is 0 Å². The van der Waals surface area contributed by atoms with Gasteiger partial charge in [-0.3, -0.25) is 18.8 Å². The highest BCUT2D eigenvalue weighted by atomic mass is 16.5. The fraction of sp³-hybridized carbons (Fsp3) is 0.607. The van der Waals surface area contributed by atoms with E-state index in [1.54, 1.807) is 41.8 Å². The molecule has 2 heterocycles. The molecule has 0 radical (unpaired) electrons. The van der Waals surface area contributed by atoms with Crippen LogP contribution in [0.4, 0.5) is 5.82 Å². The lowest BCUT2D eigenvalue weighted by Gasteiger charge is -2.40. The zero-order valence-electron chi connectivity index (χ0n) is 23.6. The van der Waals surface area contributed by atoms with Gasteiger partial charge < -0.3 is 19.5 Å². The fourth-order valence-corrected chi connectivity index (χ4v) is 4.63. The molecule has 3 rings (SSSR count). The number of ether oxygens (including phenoxy) is 2. The van der Waals surface area contributed by atoms with E-state index in [0.717, 1.165) is 0 Å². The number of hydrogen-bond acceptors (Lipinski definition) is 8. The minimum Gasteiger partial charge on any atom is -0.485 e. The molecule has 10 nitrogen and oxygen atoms in total. The van der Waals surface area contributed by atoms with Gasteiger partial charge in [-0.25, -0.2) is 9.59 Å². The molecule has 1 N–H and O–H groups in total. The highest BCUT2D eigenvalue weighted by Crippen LogP contribution is 2.24. The van der Waals surface area contributed by atoms with Gasteiger partial charge in [0, 0.05) is 50.9 Å². The number of carbonyl (C=O) groups is 1. The first-order valence-electron chi connectivity index (χ1n) is 13.3. The van der Waals surface area contributed by atoms with Crippen molar-refractivity contribution in [3.8, 4) is 5.75 Å². The van der Waals surface area contributed by atoms with Gasteiger partial charge in [0.05, 0.1) is 12.2 Å². The molecule has 1 saturated heterocycles. The third kappa shape index (κ3) is 6.66. The predicted molar refractivity (Wildman–Crippen MR) is 147 cm³/mol. The van der Waals surface area contributed by atoms with Crippen molar-refractivity contribution in [2.75, 3.05) is 44.2 Å². The van der Waals surface area contributed by atoms with E-state index < -0.39 is 11.7 Å². The van der Waals surface area contributed by atoms with Crippen molar-refractivity contribution in [1.29, 1.82) is 0 Å². The van der Waals surface area contributed by atoms with E-state index in [-0.39, 0.29) is 29.3 Å². The van der Waals surface area contributed by atoms with Crippen molar-refractivity contribution >= 4 is 11.8 Å². The molecule has 2 aromatic rings. The van der Waals surface area contributed by atoms with Gasteiger partial charge in [-0.1, -0.05) is 0 Å². The van der Waals surface area contributed by atoms with E-state index in [1.165, 1.54) is 4.57 Å². The monoisotopic (exact) mass is 530 g/mol. The van der Waals surface area contributed by atoms with Gasteiger partial charge >= 0.3 is 11.7 Å². The maximum atomic E-state index is 13.1. The first-order valence-corrected chi connectivity index (χ1v) is 13.3. The Labute approximate surface area is 224 Å². The van der Waals surface area contributed by atoms with Crippen LogP contribution in [0.5, 0.6) is 5.75 Å². The van der Waals surface area contributed by atoms with Crippen LogP contribution < -0.4 is 20.9 Å². The molecule has 1 aromatic heterocycles. The molecular formula is C28H42N4O6. The Morgan fingerprint density at radius 3 is 2.08 bits per heavy atom. The largest absolute Gasteiger partial charge is 0.485 e. The molecule has 0 spiro atoms. The Balaban J connectivity index is 1.64. The summed E-state index contributed by atoms with van der Waals surface area (Å²) in [6, 6.07) is 7.94. The van der Waals surface area contributed by atoms with E-state index in [4.69, 9.17) is 9.47 Å². The average Bonchev–Trinajstić information content (AvgIpc) is 2.84. The van der Waals surface area contributed by atoms with Crippen LogP contribution in [-0.2, 0) is 4.74 Å². The van der Waals surface area contributed by atoms with E-state index in [0.29, 0.717) is 56.5 Å². The van der Waals surface area contributed by atoms with Crippen LogP contribution in [0.2, 0.25) is 0 Å². The maximum Gasteiger partial charge on any atom is 0.338 e. The first kappa shape index (κ1) is 29.4. The number of aliphatic hydroxyl groups is 1. The van der Waals surface area contributed by atoms with Crippen LogP contribution in [0.15, 0.2) is 39.9 Å². The molecule has 0 aliphatic carbocycles. The average molecular weight is 531 g/mol. The van der Waals surface area contributed by atoms with Crippen LogP contribution >= 0.6 is 0 Å². The summed E-state index contributed by atoms with van der Waals surface area (Å²) in [7, 11) is 0. The van der Waals surface area contributed by atoms with Gasteiger partial charge in [0.2, 0.25) is 0 Å². The molecule has 10 heteroatoms. The number of benzene rings is 1. The second kappa shape index (κ2) is 12.2. The molecule has 1 atom stereocenters. The molecule has 38 heavy (non-hydrogen) atoms. The van der Waals surface area contributed by atoms with E-state index in [9.17, 15) is 19.5 Å². The number of hydrogen-bond donors (Lipinski definition) is 1. The third-order valence-electron chi connectivity index (χ3n) is 6.86. The summed E-state index contributed by atoms with van der Waals surface area (Å²) < 4.78 is 14.1. The molecule has 1 aliphatic heterocycles. The van der Waals surface area contributed by atoms with Gasteiger partial charge in [-0.05, 0) is 72.7 Å². The van der Waals surface area contributed by atoms with Gasteiger partial charge in [-0.2, -0.15) is 0 Å². The lowest BCUT2D eigenvalue weighted by atomic mass is 10.0. The summed E-state index contributed by atoms with van der Waals surface area (Å²) in [6.07, 6.45) is -0.775. The minimum absolute atomic E-state index is 0.0905. The number of β-amino-alcohol motifs (C(OH)–C–C–N with tert-alkyl or cyclic N) is 1. The summed E-state index contributed by atoms with van der Waals surface area (Å²) in [5.41, 5.74) is -1.00. The van der Waals surface area contributed by atoms with Crippen LogP contribution in [0.1, 0.15) is 70.9 Å². The Kier molecular flexibility index (Phi) is 9.43. The molecule has 0 bridgehead atoms. The SMILES string of the molecule is CCOC(=O)c1ccc(OC(C)(C)C(O)CN2CCN(c3cc(=O)n(C(C)C)c(=O)n3C(C)C)CC2)cc1. The Hall–Kier alpha value is -3.11. The Bertz CT molecular complexity index is 1210. The van der Waals surface area contributed by atoms with E-state index >= 15 is 0 Å². The number of nitrogens with zero attached hydrogens (tertiary/aromatic N) is 4. The van der Waals surface area contributed by atoms with Crippen molar-refractivity contribution in [1.82, 2.24) is 14.0 Å². The summed E-state index contributed by atoms with van der Waals surface area (Å²) in [6.45, 7) is 16.3. The van der Waals surface area contributed by atoms with Gasteiger partial charge in [0.15, 0.2) is 0 Å². The maximum absolute atomic E-state index is 13.1. The normalized spacial score (nSPS) is 15.7. The lowest BCUT2D eigenvalue weighted by molar-refractivity contribution is -0.0449. The number of carbonyl (C=O) groups excluding carboxylic acids is 1. The quantitative estimate of drug-likeness (QED) is 0.468. The zero-order valence-corrected chi connectivity index (χ0v) is 23.6. The molecular weight excluding hydrogens is 488 g/mol. The number of rotatable bonds is 10. The summed E-state index contributed by atoms with van der Waals surface area (Å²) in [4.78, 5) is 41.9. The van der Waals surface area contributed by atoms with Gasteiger partial charge in [-0.15, -0.1) is 0 Å². The van der Waals surface area contributed by atoms with E-state index in [1.807, 2.05) is 41.5 Å². The Morgan fingerprint density at radius 1 is 0.974 bits per heavy atom. The summed E-state index contributed by atoms with van der Waals surface area (Å²) in [5.74, 6) is 0.806. The molecule has 0 saturated carbocycles. The van der Waals surface area contributed by atoms with Crippen molar-refractivity contribution in [3.05, 3.63) is 56.7 Å². The third-order valence-corrected chi connectivity index (χ3v) is 6.86. The van der Waals surface area contributed by atoms with Crippen molar-refractivity contribution < 1.29 is 19.4 Å². The molecule has 210 valence electrons. The highest BCUT2D eigenvalue weighted by molar-refractivity contribution is 5.89. The topological polar surface area (TPSA) is 106 Å². The molecule has 1 aliphatic rings. The molecule has 1 aromatic carbocycles. The summed E-state index contributed by atoms with van der Waals surface area (Å²) in [5, 5.41) is 11.0. The number of piperazine rings is 1. The van der Waals surface area contributed by atoms with Crippen LogP contribution in [0, 0.1) is 0 Å². The molecule has 0 amide bonds. The van der Waals surface area contributed by atoms with Crippen LogP contribution in [-0.4, -0.2) is 76.1 Å². The van der Waals surface area contributed by atoms with Crippen molar-refractivity contribution in [2.45, 2.75) is 72.3 Å². The highest BCUT2D eigenvalue weighted by Gasteiger charge is 2.33. The molecule has 1 fully saturated rings. The minimum atomic E-state index is -0.873. The van der Waals surface area contributed by atoms with E-state index in [2.05, 4.69) is 9.80 Å². The predicted octanol–water partition coefficient (Wildman–Crippen LogP) is 2.69. The first-order chi connectivity index (χ1) is 17.9. The second-order valence-electron chi connectivity index (χ2n) is 10.8. The second-order valence-corrected chi connectivity index (χ2v) is 10.8. The zero-order chi connectivity index (χ0) is 28.2. The van der Waals surface area contributed by atoms with Crippen molar-refractivity contribution in [2.24, 2.45) is 0 Å². The van der Waals surface area contributed by atoms with Gasteiger partial charge in [0.25, 0.3) is 5.56 Å². The van der Waals surface area contributed by atoms with Crippen LogP contribution in [0.25, 0.3) is 0 Å². The fourth-order valence-electron chi connectivity index (χ4n) is 4.63. The smallest absolute Gasteiger partial charge is 0.338 e. The number of aromatic nitrogens is 2. The number of esters is 1. The Morgan fingerprint density at radius 2 is 1.55 bits per heavy atom. The standard InChI is InChI=1S/C28H42N4O6/c1-8-37-26(35)21-9-11-22(12-10-21)38-28(6,7)23(33)18-29-13-15-30(16-14-29)24-17-25(34)32(20(4)5)27(36)31(24)19(2)3/h9-12,17,19-20,23,33H,8,13-16,18H2,1-7H3. The van der Waals surface area contributed by atoms with Gasteiger partial charge in [0.1, 0.15) is 23.3 Å². The number of aliphatic hydroxyl groups excluding tert-OH is 1. The molecule has 1 unspecified atom stereocenters. The number of anilines is 1. The van der Waals surface area contributed by atoms with Crippen LogP contribution in [0.3, 0.4) is 0 Å².